The van der Waals surface area contributed by atoms with Crippen molar-refractivity contribution in [2.45, 2.75) is 0 Å². The van der Waals surface area contributed by atoms with Crippen molar-refractivity contribution in [1.82, 2.24) is 0 Å². The third-order valence-electron chi connectivity index (χ3n) is 1.70. The lowest BCUT2D eigenvalue weighted by Gasteiger charge is -1.91. The van der Waals surface area contributed by atoms with Crippen LogP contribution in [0.2, 0.25) is 0 Å². The van der Waals surface area contributed by atoms with E-state index in [9.17, 15) is 4.79 Å². The SMILES string of the molecule is O=C(Cl)c1cc2ccocc-2c1. The van der Waals surface area contributed by atoms with Gasteiger partial charge in [0.2, 0.25) is 0 Å². The first-order valence-electron chi connectivity index (χ1n) is 3.43. The minimum atomic E-state index is -0.439. The minimum Gasteiger partial charge on any atom is -0.472 e. The molecule has 60 valence electrons. The predicted octanol–water partition coefficient (Wildman–Crippen LogP) is 2.76. The van der Waals surface area contributed by atoms with Gasteiger partial charge in [0.1, 0.15) is 0 Å². The quantitative estimate of drug-likeness (QED) is 0.632. The Labute approximate surface area is 74.1 Å². The van der Waals surface area contributed by atoms with E-state index in [-0.39, 0.29) is 0 Å². The number of carbonyl (C=O) groups excluding carboxylic acids is 1. The van der Waals surface area contributed by atoms with Crippen LogP contribution in [0.5, 0.6) is 0 Å². The van der Waals surface area contributed by atoms with Crippen molar-refractivity contribution in [2.24, 2.45) is 0 Å². The maximum Gasteiger partial charge on any atom is 0.252 e. The summed E-state index contributed by atoms with van der Waals surface area (Å²) in [5, 5.41) is -0.439. The molecule has 0 atom stereocenters. The van der Waals surface area contributed by atoms with Crippen molar-refractivity contribution < 1.29 is 9.21 Å². The van der Waals surface area contributed by atoms with E-state index >= 15 is 0 Å². The molecule has 0 N–H and O–H groups in total. The highest BCUT2D eigenvalue weighted by atomic mass is 35.5. The van der Waals surface area contributed by atoms with Gasteiger partial charge in [-0.3, -0.25) is 4.79 Å². The van der Waals surface area contributed by atoms with Gasteiger partial charge in [0.15, 0.2) is 0 Å². The molecule has 2 aliphatic rings. The van der Waals surface area contributed by atoms with Crippen LogP contribution < -0.4 is 0 Å². The van der Waals surface area contributed by atoms with Gasteiger partial charge in [-0.15, -0.1) is 0 Å². The Morgan fingerprint density at radius 2 is 2.08 bits per heavy atom. The van der Waals surface area contributed by atoms with Crippen LogP contribution in [-0.2, 0) is 0 Å². The van der Waals surface area contributed by atoms with Gasteiger partial charge < -0.3 is 4.42 Å². The predicted molar refractivity (Wildman–Crippen MR) is 45.5 cm³/mol. The maximum absolute atomic E-state index is 10.7. The molecule has 0 radical (unpaired) electrons. The van der Waals surface area contributed by atoms with Crippen LogP contribution in [-0.4, -0.2) is 5.24 Å². The average molecular weight is 181 g/mol. The molecule has 0 aromatic carbocycles. The molecule has 0 saturated heterocycles. The second-order valence-electron chi connectivity index (χ2n) is 2.49. The van der Waals surface area contributed by atoms with Crippen LogP contribution >= 0.6 is 11.6 Å². The van der Waals surface area contributed by atoms with Crippen LogP contribution in [0.3, 0.4) is 0 Å². The molecule has 2 rings (SSSR count). The topological polar surface area (TPSA) is 30.2 Å². The lowest BCUT2D eigenvalue weighted by atomic mass is 10.2. The molecule has 3 heteroatoms. The van der Waals surface area contributed by atoms with Gasteiger partial charge in [-0.05, 0) is 35.4 Å². The van der Waals surface area contributed by atoms with E-state index < -0.39 is 5.24 Å². The van der Waals surface area contributed by atoms with Crippen molar-refractivity contribution >= 4 is 16.8 Å². The highest BCUT2D eigenvalue weighted by Gasteiger charge is 2.09. The first-order chi connectivity index (χ1) is 5.77. The number of carbonyl (C=O) groups is 1. The van der Waals surface area contributed by atoms with Gasteiger partial charge in [0, 0.05) is 11.1 Å². The average Bonchev–Trinajstić information content (AvgIpc) is 2.46. The highest BCUT2D eigenvalue weighted by molar-refractivity contribution is 6.67. The summed E-state index contributed by atoms with van der Waals surface area (Å²) in [6.45, 7) is 0. The summed E-state index contributed by atoms with van der Waals surface area (Å²) < 4.78 is 4.93. The Balaban J connectivity index is 2.63. The molecule has 0 spiro atoms. The smallest absolute Gasteiger partial charge is 0.252 e. The van der Waals surface area contributed by atoms with Gasteiger partial charge in [-0.25, -0.2) is 0 Å². The second-order valence-corrected chi connectivity index (χ2v) is 2.83. The fourth-order valence-electron chi connectivity index (χ4n) is 1.13. The van der Waals surface area contributed by atoms with Gasteiger partial charge in [-0.1, -0.05) is 0 Å². The molecule has 0 unspecified atom stereocenters. The van der Waals surface area contributed by atoms with Gasteiger partial charge in [0.05, 0.1) is 12.5 Å². The number of fused-ring (bicyclic) bond motifs is 1. The molecule has 12 heavy (non-hydrogen) atoms. The molecule has 1 heterocycles. The monoisotopic (exact) mass is 180 g/mol. The molecule has 0 amide bonds. The van der Waals surface area contributed by atoms with Gasteiger partial charge >= 0.3 is 0 Å². The zero-order valence-corrected chi connectivity index (χ0v) is 6.84. The van der Waals surface area contributed by atoms with Crippen LogP contribution in [0.25, 0.3) is 11.1 Å². The lowest BCUT2D eigenvalue weighted by Crippen LogP contribution is -1.80. The minimum absolute atomic E-state index is 0.439. The second kappa shape index (κ2) is 2.64. The summed E-state index contributed by atoms with van der Waals surface area (Å²) in [4.78, 5) is 10.7. The first-order valence-corrected chi connectivity index (χ1v) is 3.81. The van der Waals surface area contributed by atoms with E-state index in [1.54, 1.807) is 30.7 Å². The van der Waals surface area contributed by atoms with Crippen LogP contribution in [0.15, 0.2) is 35.1 Å². The normalized spacial score (nSPS) is 10.4. The number of hydrogen-bond acceptors (Lipinski definition) is 2. The van der Waals surface area contributed by atoms with E-state index in [1.165, 1.54) is 0 Å². The molecule has 0 aromatic heterocycles. The summed E-state index contributed by atoms with van der Waals surface area (Å²) >= 11 is 5.31. The zero-order valence-electron chi connectivity index (χ0n) is 6.08. The Bertz CT molecular complexity index is 362. The first kappa shape index (κ1) is 7.37. The summed E-state index contributed by atoms with van der Waals surface area (Å²) in [6, 6.07) is 5.23. The Kier molecular flexibility index (Phi) is 1.62. The number of rotatable bonds is 1. The van der Waals surface area contributed by atoms with Crippen molar-refractivity contribution in [1.29, 1.82) is 0 Å². The van der Waals surface area contributed by atoms with Crippen LogP contribution in [0.4, 0.5) is 0 Å². The summed E-state index contributed by atoms with van der Waals surface area (Å²) in [7, 11) is 0. The maximum atomic E-state index is 10.7. The van der Waals surface area contributed by atoms with E-state index in [2.05, 4.69) is 0 Å². The largest absolute Gasteiger partial charge is 0.472 e. The Morgan fingerprint density at radius 3 is 2.75 bits per heavy atom. The van der Waals surface area contributed by atoms with Crippen molar-refractivity contribution in [3.63, 3.8) is 0 Å². The Morgan fingerprint density at radius 1 is 1.33 bits per heavy atom. The third kappa shape index (κ3) is 1.10. The molecule has 1 aliphatic heterocycles. The van der Waals surface area contributed by atoms with E-state index in [1.807, 2.05) is 0 Å². The highest BCUT2D eigenvalue weighted by Crippen LogP contribution is 2.26. The van der Waals surface area contributed by atoms with Crippen molar-refractivity contribution in [3.05, 3.63) is 36.3 Å². The fraction of sp³-hybridized carbons (Fsp3) is 0. The molecular weight excluding hydrogens is 176 g/mol. The molecule has 1 aliphatic carbocycles. The summed E-state index contributed by atoms with van der Waals surface area (Å²) in [6.07, 6.45) is 3.14. The fourth-order valence-corrected chi connectivity index (χ4v) is 1.24. The van der Waals surface area contributed by atoms with E-state index in [0.29, 0.717) is 5.56 Å². The van der Waals surface area contributed by atoms with E-state index in [4.69, 9.17) is 16.0 Å². The Hall–Kier alpha value is -1.28. The zero-order chi connectivity index (χ0) is 8.55. The summed E-state index contributed by atoms with van der Waals surface area (Å²) in [5.74, 6) is 0. The summed E-state index contributed by atoms with van der Waals surface area (Å²) in [5.41, 5.74) is 2.36. The lowest BCUT2D eigenvalue weighted by molar-refractivity contribution is 0.108. The van der Waals surface area contributed by atoms with Gasteiger partial charge in [-0.2, -0.15) is 0 Å². The van der Waals surface area contributed by atoms with Crippen LogP contribution in [0, 0.1) is 0 Å². The van der Waals surface area contributed by atoms with Crippen molar-refractivity contribution in [3.8, 4) is 11.1 Å². The van der Waals surface area contributed by atoms with Gasteiger partial charge in [0.25, 0.3) is 5.24 Å². The molecule has 2 nitrogen and oxygen atoms in total. The standard InChI is InChI=1S/C9H5ClO2/c10-9(11)7-3-6-1-2-12-5-8(6)4-7/h1-5H. The molecule has 0 aromatic rings. The molecule has 0 saturated carbocycles. The van der Waals surface area contributed by atoms with Crippen LogP contribution in [0.1, 0.15) is 10.4 Å². The number of hydrogen-bond donors (Lipinski definition) is 0. The molecule has 0 fully saturated rings. The number of halogens is 1. The van der Waals surface area contributed by atoms with Crippen molar-refractivity contribution in [2.75, 3.05) is 0 Å². The van der Waals surface area contributed by atoms with E-state index in [0.717, 1.165) is 11.1 Å². The molecular formula is C9H5ClO2. The molecule has 0 bridgehead atoms. The third-order valence-corrected chi connectivity index (χ3v) is 1.92.